The predicted molar refractivity (Wildman–Crippen MR) is 68.3 cm³/mol. The van der Waals surface area contributed by atoms with Gasteiger partial charge in [-0.05, 0) is 18.8 Å². The first-order valence-corrected chi connectivity index (χ1v) is 6.12. The fourth-order valence-electron chi connectivity index (χ4n) is 2.31. The third kappa shape index (κ3) is 2.72. The van der Waals surface area contributed by atoms with E-state index in [4.69, 9.17) is 11.1 Å². The SMILES string of the molecule is CCCC1CCN(c2cnc(C(=N)N)cn2)C1. The number of anilines is 1. The van der Waals surface area contributed by atoms with Crippen LogP contribution in [0.2, 0.25) is 0 Å². The van der Waals surface area contributed by atoms with Gasteiger partial charge in [0, 0.05) is 13.1 Å². The fourth-order valence-corrected chi connectivity index (χ4v) is 2.31. The van der Waals surface area contributed by atoms with E-state index >= 15 is 0 Å². The minimum absolute atomic E-state index is 0.0330. The van der Waals surface area contributed by atoms with Crippen molar-refractivity contribution in [2.24, 2.45) is 11.7 Å². The molecule has 3 N–H and O–H groups in total. The van der Waals surface area contributed by atoms with Crippen LogP contribution < -0.4 is 10.6 Å². The molecule has 0 amide bonds. The third-order valence-corrected chi connectivity index (χ3v) is 3.22. The molecule has 1 fully saturated rings. The molecule has 1 unspecified atom stereocenters. The molecule has 0 saturated carbocycles. The van der Waals surface area contributed by atoms with Crippen molar-refractivity contribution < 1.29 is 0 Å². The highest BCUT2D eigenvalue weighted by Crippen LogP contribution is 2.24. The zero-order chi connectivity index (χ0) is 12.3. The van der Waals surface area contributed by atoms with Gasteiger partial charge in [-0.25, -0.2) is 9.97 Å². The van der Waals surface area contributed by atoms with E-state index < -0.39 is 0 Å². The molecule has 2 rings (SSSR count). The molecule has 2 heterocycles. The van der Waals surface area contributed by atoms with Crippen LogP contribution in [0.5, 0.6) is 0 Å². The molecule has 1 aliphatic heterocycles. The van der Waals surface area contributed by atoms with Gasteiger partial charge in [-0.2, -0.15) is 0 Å². The van der Waals surface area contributed by atoms with Crippen molar-refractivity contribution in [1.82, 2.24) is 9.97 Å². The minimum Gasteiger partial charge on any atom is -0.382 e. The smallest absolute Gasteiger partial charge is 0.147 e. The maximum atomic E-state index is 7.26. The van der Waals surface area contributed by atoms with Crippen LogP contribution in [0.3, 0.4) is 0 Å². The van der Waals surface area contributed by atoms with Crippen molar-refractivity contribution in [2.75, 3.05) is 18.0 Å². The second-order valence-electron chi connectivity index (χ2n) is 4.56. The molecule has 0 aromatic carbocycles. The summed E-state index contributed by atoms with van der Waals surface area (Å²) in [6, 6.07) is 0. The first-order valence-electron chi connectivity index (χ1n) is 6.12. The van der Waals surface area contributed by atoms with Crippen molar-refractivity contribution in [1.29, 1.82) is 5.41 Å². The summed E-state index contributed by atoms with van der Waals surface area (Å²) in [4.78, 5) is 10.7. The first-order chi connectivity index (χ1) is 8.20. The first kappa shape index (κ1) is 11.8. The number of nitrogen functional groups attached to an aromatic ring is 1. The van der Waals surface area contributed by atoms with Crippen LogP contribution in [-0.2, 0) is 0 Å². The van der Waals surface area contributed by atoms with Crippen LogP contribution in [0.4, 0.5) is 5.82 Å². The second kappa shape index (κ2) is 5.12. The van der Waals surface area contributed by atoms with Crippen LogP contribution in [0.1, 0.15) is 31.9 Å². The molecule has 1 aliphatic rings. The van der Waals surface area contributed by atoms with E-state index in [-0.39, 0.29) is 5.84 Å². The summed E-state index contributed by atoms with van der Waals surface area (Å²) >= 11 is 0. The summed E-state index contributed by atoms with van der Waals surface area (Å²) in [5.41, 5.74) is 5.79. The summed E-state index contributed by atoms with van der Waals surface area (Å²) in [6.07, 6.45) is 7.06. The second-order valence-corrected chi connectivity index (χ2v) is 4.56. The van der Waals surface area contributed by atoms with Gasteiger partial charge in [0.05, 0.1) is 12.4 Å². The number of amidine groups is 1. The van der Waals surface area contributed by atoms with Gasteiger partial charge < -0.3 is 10.6 Å². The molecule has 0 aliphatic carbocycles. The highest BCUT2D eigenvalue weighted by Gasteiger charge is 2.22. The minimum atomic E-state index is -0.0330. The Balaban J connectivity index is 2.01. The van der Waals surface area contributed by atoms with Crippen molar-refractivity contribution in [3.63, 3.8) is 0 Å². The van der Waals surface area contributed by atoms with Crippen LogP contribution in [0, 0.1) is 11.3 Å². The molecule has 1 aromatic heterocycles. The van der Waals surface area contributed by atoms with Gasteiger partial charge in [0.2, 0.25) is 0 Å². The summed E-state index contributed by atoms with van der Waals surface area (Å²) < 4.78 is 0. The van der Waals surface area contributed by atoms with Gasteiger partial charge in [0.25, 0.3) is 0 Å². The van der Waals surface area contributed by atoms with E-state index in [1.54, 1.807) is 12.4 Å². The molecule has 1 atom stereocenters. The molecule has 0 spiro atoms. The Labute approximate surface area is 102 Å². The standard InChI is InChI=1S/C12H19N5/c1-2-3-9-4-5-17(8-9)11-7-15-10(6-16-11)12(13)14/h6-7,9H,2-5,8H2,1H3,(H3,13,14). The lowest BCUT2D eigenvalue weighted by Crippen LogP contribution is -2.22. The summed E-state index contributed by atoms with van der Waals surface area (Å²) in [6.45, 7) is 4.35. The number of aromatic nitrogens is 2. The van der Waals surface area contributed by atoms with E-state index in [0.29, 0.717) is 5.69 Å². The molecule has 1 saturated heterocycles. The quantitative estimate of drug-likeness (QED) is 0.608. The lowest BCUT2D eigenvalue weighted by Gasteiger charge is -2.16. The number of nitrogens with zero attached hydrogens (tertiary/aromatic N) is 3. The number of hydrogen-bond donors (Lipinski definition) is 2. The predicted octanol–water partition coefficient (Wildman–Crippen LogP) is 1.39. The zero-order valence-corrected chi connectivity index (χ0v) is 10.2. The topological polar surface area (TPSA) is 78.9 Å². The van der Waals surface area contributed by atoms with Crippen LogP contribution in [0.25, 0.3) is 0 Å². The third-order valence-electron chi connectivity index (χ3n) is 3.22. The van der Waals surface area contributed by atoms with Gasteiger partial charge in [0.15, 0.2) is 0 Å². The Morgan fingerprint density at radius 2 is 2.35 bits per heavy atom. The largest absolute Gasteiger partial charge is 0.382 e. The summed E-state index contributed by atoms with van der Waals surface area (Å²) in [5.74, 6) is 1.65. The van der Waals surface area contributed by atoms with Crippen molar-refractivity contribution in [2.45, 2.75) is 26.2 Å². The Morgan fingerprint density at radius 1 is 1.53 bits per heavy atom. The van der Waals surface area contributed by atoms with E-state index in [1.807, 2.05) is 0 Å². The van der Waals surface area contributed by atoms with Crippen molar-refractivity contribution in [3.8, 4) is 0 Å². The summed E-state index contributed by atoms with van der Waals surface area (Å²) in [5, 5.41) is 7.26. The molecule has 17 heavy (non-hydrogen) atoms. The summed E-state index contributed by atoms with van der Waals surface area (Å²) in [7, 11) is 0. The van der Waals surface area contributed by atoms with Gasteiger partial charge in [-0.1, -0.05) is 13.3 Å². The Bertz CT molecular complexity index is 386. The number of nitrogens with one attached hydrogen (secondary N) is 1. The van der Waals surface area contributed by atoms with Gasteiger partial charge >= 0.3 is 0 Å². The van der Waals surface area contributed by atoms with E-state index in [2.05, 4.69) is 21.8 Å². The Hall–Kier alpha value is -1.65. The Morgan fingerprint density at radius 3 is 2.94 bits per heavy atom. The molecule has 0 bridgehead atoms. The molecular formula is C12H19N5. The maximum absolute atomic E-state index is 7.26. The van der Waals surface area contributed by atoms with E-state index in [1.165, 1.54) is 19.3 Å². The average molecular weight is 233 g/mol. The number of nitrogens with two attached hydrogens (primary N) is 1. The van der Waals surface area contributed by atoms with Crippen LogP contribution >= 0.6 is 0 Å². The zero-order valence-electron chi connectivity index (χ0n) is 10.2. The van der Waals surface area contributed by atoms with E-state index in [9.17, 15) is 0 Å². The lowest BCUT2D eigenvalue weighted by atomic mass is 10.0. The van der Waals surface area contributed by atoms with Crippen molar-refractivity contribution >= 4 is 11.7 Å². The van der Waals surface area contributed by atoms with Gasteiger partial charge in [0.1, 0.15) is 17.3 Å². The normalized spacial score (nSPS) is 19.6. The fraction of sp³-hybridized carbons (Fsp3) is 0.583. The molecule has 5 nitrogen and oxygen atoms in total. The molecular weight excluding hydrogens is 214 g/mol. The molecule has 1 aromatic rings. The molecule has 5 heteroatoms. The monoisotopic (exact) mass is 233 g/mol. The van der Waals surface area contributed by atoms with Gasteiger partial charge in [-0.15, -0.1) is 0 Å². The van der Waals surface area contributed by atoms with Gasteiger partial charge in [-0.3, -0.25) is 5.41 Å². The Kier molecular flexibility index (Phi) is 3.56. The van der Waals surface area contributed by atoms with Crippen LogP contribution in [0.15, 0.2) is 12.4 Å². The van der Waals surface area contributed by atoms with E-state index in [0.717, 1.165) is 24.8 Å². The average Bonchev–Trinajstić information content (AvgIpc) is 2.78. The highest BCUT2D eigenvalue weighted by atomic mass is 15.2. The maximum Gasteiger partial charge on any atom is 0.147 e. The number of hydrogen-bond acceptors (Lipinski definition) is 4. The number of rotatable bonds is 4. The molecule has 92 valence electrons. The van der Waals surface area contributed by atoms with Crippen molar-refractivity contribution in [3.05, 3.63) is 18.1 Å². The molecule has 0 radical (unpaired) electrons. The highest BCUT2D eigenvalue weighted by molar-refractivity contribution is 5.92. The van der Waals surface area contributed by atoms with Crippen LogP contribution in [-0.4, -0.2) is 28.9 Å². The lowest BCUT2D eigenvalue weighted by molar-refractivity contribution is 0.529.